The van der Waals surface area contributed by atoms with Crippen LogP contribution >= 0.6 is 11.8 Å². The number of fused-ring (bicyclic) bond motifs is 1. The second-order valence-electron chi connectivity index (χ2n) is 5.10. The van der Waals surface area contributed by atoms with E-state index in [1.807, 2.05) is 0 Å². The van der Waals surface area contributed by atoms with Crippen molar-refractivity contribution >= 4 is 23.2 Å². The summed E-state index contributed by atoms with van der Waals surface area (Å²) in [4.78, 5) is 0. The summed E-state index contributed by atoms with van der Waals surface area (Å²) in [6, 6.07) is 3.10. The number of alkyl halides is 3. The van der Waals surface area contributed by atoms with E-state index in [-0.39, 0.29) is 10.4 Å². The third-order valence-corrected chi connectivity index (χ3v) is 5.22. The summed E-state index contributed by atoms with van der Waals surface area (Å²) in [6.07, 6.45) is 0.908. The smallest absolute Gasteiger partial charge is 0.367 e. The number of nitrogens with zero attached hydrogens (tertiary/aromatic N) is 4. The first-order valence-corrected chi connectivity index (χ1v) is 7.75. The zero-order valence-electron chi connectivity index (χ0n) is 11.3. The summed E-state index contributed by atoms with van der Waals surface area (Å²) in [5.74, 6) is -0.711. The van der Waals surface area contributed by atoms with Crippen LogP contribution in [0.15, 0.2) is 12.1 Å². The van der Waals surface area contributed by atoms with Gasteiger partial charge < -0.3 is 5.32 Å². The molecule has 21 heavy (non-hydrogen) atoms. The summed E-state index contributed by atoms with van der Waals surface area (Å²) in [5, 5.41) is 13.7. The molecule has 1 fully saturated rings. The van der Waals surface area contributed by atoms with Crippen LogP contribution in [0.4, 0.5) is 19.0 Å². The second-order valence-corrected chi connectivity index (χ2v) is 6.38. The molecule has 9 heteroatoms. The van der Waals surface area contributed by atoms with Crippen LogP contribution in [0.1, 0.15) is 25.1 Å². The van der Waals surface area contributed by atoms with Crippen molar-refractivity contribution in [2.45, 2.75) is 30.2 Å². The Morgan fingerprint density at radius 2 is 2.10 bits per heavy atom. The molecule has 0 radical (unpaired) electrons. The molecule has 0 spiro atoms. The molecule has 1 aliphatic carbocycles. The van der Waals surface area contributed by atoms with Gasteiger partial charge in [-0.1, -0.05) is 6.42 Å². The van der Waals surface area contributed by atoms with E-state index in [1.165, 1.54) is 12.5 Å². The predicted molar refractivity (Wildman–Crippen MR) is 74.4 cm³/mol. The van der Waals surface area contributed by atoms with Gasteiger partial charge in [-0.3, -0.25) is 0 Å². The van der Waals surface area contributed by atoms with Crippen molar-refractivity contribution in [1.82, 2.24) is 19.8 Å². The molecule has 0 aromatic carbocycles. The largest absolute Gasteiger partial charge is 0.453 e. The summed E-state index contributed by atoms with van der Waals surface area (Å²) in [7, 11) is 0. The zero-order valence-corrected chi connectivity index (χ0v) is 12.1. The highest BCUT2D eigenvalue weighted by Gasteiger charge is 2.38. The number of hydrogen-bond acceptors (Lipinski definition) is 5. The first-order chi connectivity index (χ1) is 9.93. The number of thioether (sulfide) groups is 1. The van der Waals surface area contributed by atoms with E-state index < -0.39 is 12.0 Å². The molecule has 5 nitrogen and oxygen atoms in total. The normalized spacial score (nSPS) is 17.7. The minimum Gasteiger partial charge on any atom is -0.367 e. The van der Waals surface area contributed by atoms with E-state index in [0.717, 1.165) is 17.4 Å². The second kappa shape index (κ2) is 5.04. The van der Waals surface area contributed by atoms with Gasteiger partial charge in [-0.25, -0.2) is 0 Å². The highest BCUT2D eigenvalue weighted by atomic mass is 32.2. The number of rotatable bonds is 4. The van der Waals surface area contributed by atoms with Crippen molar-refractivity contribution in [2.75, 3.05) is 18.1 Å². The summed E-state index contributed by atoms with van der Waals surface area (Å²) < 4.78 is 39.3. The quantitative estimate of drug-likeness (QED) is 0.940. The van der Waals surface area contributed by atoms with Crippen molar-refractivity contribution in [1.29, 1.82) is 0 Å². The molecule has 114 valence electrons. The van der Waals surface area contributed by atoms with Crippen molar-refractivity contribution in [3.63, 3.8) is 0 Å². The third-order valence-electron chi connectivity index (χ3n) is 3.81. The molecule has 2 heterocycles. The SMILES string of the molecule is CSC1(CNc2ccc3nnc(C(F)(F)F)n3n2)CCC1. The molecule has 0 atom stereocenters. The third kappa shape index (κ3) is 2.66. The van der Waals surface area contributed by atoms with Gasteiger partial charge in [0.15, 0.2) is 5.65 Å². The molecule has 1 aliphatic rings. The monoisotopic (exact) mass is 317 g/mol. The first-order valence-electron chi connectivity index (χ1n) is 6.52. The lowest BCUT2D eigenvalue weighted by molar-refractivity contribution is -0.146. The number of anilines is 1. The average molecular weight is 317 g/mol. The highest BCUT2D eigenvalue weighted by Crippen LogP contribution is 2.42. The van der Waals surface area contributed by atoms with Crippen LogP contribution in [0.5, 0.6) is 0 Å². The van der Waals surface area contributed by atoms with E-state index in [1.54, 1.807) is 17.8 Å². The van der Waals surface area contributed by atoms with E-state index in [9.17, 15) is 13.2 Å². The van der Waals surface area contributed by atoms with Crippen molar-refractivity contribution < 1.29 is 13.2 Å². The van der Waals surface area contributed by atoms with Crippen LogP contribution in [0.3, 0.4) is 0 Å². The lowest BCUT2D eigenvalue weighted by Crippen LogP contribution is -2.40. The minimum absolute atomic E-state index is 0.0797. The van der Waals surface area contributed by atoms with Crippen LogP contribution in [0.2, 0.25) is 0 Å². The van der Waals surface area contributed by atoms with Gasteiger partial charge in [0.25, 0.3) is 5.82 Å². The molecule has 0 amide bonds. The van der Waals surface area contributed by atoms with Crippen molar-refractivity contribution in [3.05, 3.63) is 18.0 Å². The molecule has 0 saturated heterocycles. The Bertz CT molecular complexity index is 644. The molecule has 0 aliphatic heterocycles. The van der Waals surface area contributed by atoms with Crippen LogP contribution in [-0.2, 0) is 6.18 Å². The molecule has 2 aromatic rings. The van der Waals surface area contributed by atoms with Gasteiger partial charge in [0, 0.05) is 11.3 Å². The Hall–Kier alpha value is -1.51. The van der Waals surface area contributed by atoms with Crippen molar-refractivity contribution in [2.24, 2.45) is 0 Å². The average Bonchev–Trinajstić information content (AvgIpc) is 2.81. The van der Waals surface area contributed by atoms with Gasteiger partial charge in [-0.2, -0.15) is 29.4 Å². The van der Waals surface area contributed by atoms with Gasteiger partial charge in [0.2, 0.25) is 0 Å². The lowest BCUT2D eigenvalue weighted by Gasteiger charge is -2.40. The molecule has 0 unspecified atom stereocenters. The van der Waals surface area contributed by atoms with Crippen LogP contribution in [-0.4, -0.2) is 37.4 Å². The van der Waals surface area contributed by atoms with E-state index in [4.69, 9.17) is 0 Å². The number of nitrogens with one attached hydrogen (secondary N) is 1. The molecular weight excluding hydrogens is 303 g/mol. The van der Waals surface area contributed by atoms with E-state index in [2.05, 4.69) is 26.9 Å². The molecule has 0 bridgehead atoms. The summed E-state index contributed by atoms with van der Waals surface area (Å²) in [5.41, 5.74) is 0.0797. The highest BCUT2D eigenvalue weighted by molar-refractivity contribution is 8.00. The number of aromatic nitrogens is 4. The van der Waals surface area contributed by atoms with Crippen LogP contribution < -0.4 is 5.32 Å². The zero-order chi connectivity index (χ0) is 15.1. The fourth-order valence-corrected chi connectivity index (χ4v) is 3.25. The van der Waals surface area contributed by atoms with Gasteiger partial charge in [0.05, 0.1) is 0 Å². The van der Waals surface area contributed by atoms with Crippen LogP contribution in [0, 0.1) is 0 Å². The Morgan fingerprint density at radius 3 is 2.67 bits per heavy atom. The standard InChI is InChI=1S/C12H14F3N5S/c1-21-11(5-2-6-11)7-16-8-3-4-9-17-18-10(12(13,14)15)20(9)19-8/h3-4H,2,5-7H2,1H3,(H,16,19). The Morgan fingerprint density at radius 1 is 1.33 bits per heavy atom. The number of hydrogen-bond donors (Lipinski definition) is 1. The Labute approximate surface area is 123 Å². The molecule has 1 saturated carbocycles. The maximum Gasteiger partial charge on any atom is 0.453 e. The summed E-state index contributed by atoms with van der Waals surface area (Å²) >= 11 is 1.79. The van der Waals surface area contributed by atoms with Crippen LogP contribution in [0.25, 0.3) is 5.65 Å². The van der Waals surface area contributed by atoms with Gasteiger partial charge in [-0.05, 0) is 31.2 Å². The van der Waals surface area contributed by atoms with Crippen molar-refractivity contribution in [3.8, 4) is 0 Å². The van der Waals surface area contributed by atoms with Gasteiger partial charge in [-0.15, -0.1) is 15.3 Å². The predicted octanol–water partition coefficient (Wildman–Crippen LogP) is 2.84. The van der Waals surface area contributed by atoms with Gasteiger partial charge >= 0.3 is 6.18 Å². The minimum atomic E-state index is -4.57. The fourth-order valence-electron chi connectivity index (χ4n) is 2.34. The maximum atomic E-state index is 12.8. The molecule has 1 N–H and O–H groups in total. The van der Waals surface area contributed by atoms with E-state index in [0.29, 0.717) is 12.4 Å². The Balaban J connectivity index is 1.83. The molecule has 2 aromatic heterocycles. The van der Waals surface area contributed by atoms with E-state index >= 15 is 0 Å². The first kappa shape index (κ1) is 14.4. The summed E-state index contributed by atoms with van der Waals surface area (Å²) in [6.45, 7) is 0.691. The Kier molecular flexibility index (Phi) is 3.46. The topological polar surface area (TPSA) is 55.1 Å². The molecular formula is C12H14F3N5S. The molecule has 3 rings (SSSR count). The lowest BCUT2D eigenvalue weighted by atomic mass is 9.84. The van der Waals surface area contributed by atoms with Gasteiger partial charge in [0.1, 0.15) is 5.82 Å². The number of halogens is 3. The maximum absolute atomic E-state index is 12.8. The fraction of sp³-hybridized carbons (Fsp3) is 0.583.